The number of carbonyl (C=O) groups is 2. The van der Waals surface area contributed by atoms with Crippen LogP contribution in [-0.2, 0) is 9.59 Å². The molecule has 1 heterocycles. The predicted octanol–water partition coefficient (Wildman–Crippen LogP) is 3.06. The molecule has 2 aromatic rings. The smallest absolute Gasteiger partial charge is 0.246 e. The van der Waals surface area contributed by atoms with Gasteiger partial charge in [0.15, 0.2) is 0 Å². The van der Waals surface area contributed by atoms with Crippen LogP contribution in [0.1, 0.15) is 24.8 Å². The number of piperazine rings is 1. The van der Waals surface area contributed by atoms with Crippen molar-refractivity contribution in [1.82, 2.24) is 4.90 Å². The molecule has 1 aliphatic heterocycles. The number of rotatable bonds is 5. The van der Waals surface area contributed by atoms with Crippen LogP contribution >= 0.6 is 0 Å². The maximum absolute atomic E-state index is 12.6. The van der Waals surface area contributed by atoms with Crippen molar-refractivity contribution in [1.29, 1.82) is 0 Å². The second-order valence-electron chi connectivity index (χ2n) is 6.58. The Hall–Kier alpha value is -2.82. The summed E-state index contributed by atoms with van der Waals surface area (Å²) in [6, 6.07) is 17.4. The number of hydrogen-bond donors (Lipinski definition) is 0. The third kappa shape index (κ3) is 4.04. The molecule has 0 saturated carbocycles. The molecule has 136 valence electrons. The SMILES string of the molecule is COc1cccc(N2CCN(C(=O)C[C@H](C)c3ccccc3)CC2=O)c1. The van der Waals surface area contributed by atoms with Crippen LogP contribution in [0.5, 0.6) is 5.75 Å². The van der Waals surface area contributed by atoms with Gasteiger partial charge in [0.1, 0.15) is 12.3 Å². The van der Waals surface area contributed by atoms with Crippen molar-refractivity contribution in [3.63, 3.8) is 0 Å². The van der Waals surface area contributed by atoms with Gasteiger partial charge >= 0.3 is 0 Å². The van der Waals surface area contributed by atoms with Gasteiger partial charge in [-0.05, 0) is 23.6 Å². The number of ether oxygens (including phenoxy) is 1. The van der Waals surface area contributed by atoms with Crippen molar-refractivity contribution in [3.05, 3.63) is 60.2 Å². The van der Waals surface area contributed by atoms with E-state index in [9.17, 15) is 9.59 Å². The molecule has 0 aromatic heterocycles. The van der Waals surface area contributed by atoms with E-state index in [0.717, 1.165) is 11.3 Å². The van der Waals surface area contributed by atoms with E-state index in [-0.39, 0.29) is 24.3 Å². The van der Waals surface area contributed by atoms with E-state index in [2.05, 4.69) is 0 Å². The first-order valence-electron chi connectivity index (χ1n) is 8.85. The Morgan fingerprint density at radius 2 is 1.88 bits per heavy atom. The topological polar surface area (TPSA) is 49.9 Å². The molecular weight excluding hydrogens is 328 g/mol. The average Bonchev–Trinajstić information content (AvgIpc) is 2.68. The van der Waals surface area contributed by atoms with Gasteiger partial charge in [-0.15, -0.1) is 0 Å². The standard InChI is InChI=1S/C21H24N2O3/c1-16(17-7-4-3-5-8-17)13-20(24)22-11-12-23(21(25)15-22)18-9-6-10-19(14-18)26-2/h3-10,14,16H,11-13,15H2,1-2H3/t16-/m0/s1. The van der Waals surface area contributed by atoms with Gasteiger partial charge in [-0.1, -0.05) is 43.3 Å². The number of carbonyl (C=O) groups excluding carboxylic acids is 2. The van der Waals surface area contributed by atoms with Crippen LogP contribution in [0.3, 0.4) is 0 Å². The lowest BCUT2D eigenvalue weighted by molar-refractivity contribution is -0.137. The Labute approximate surface area is 154 Å². The normalized spacial score (nSPS) is 15.7. The average molecular weight is 352 g/mol. The monoisotopic (exact) mass is 352 g/mol. The maximum Gasteiger partial charge on any atom is 0.246 e. The summed E-state index contributed by atoms with van der Waals surface area (Å²) in [6.07, 6.45) is 0.413. The van der Waals surface area contributed by atoms with Crippen LogP contribution in [0, 0.1) is 0 Å². The van der Waals surface area contributed by atoms with Gasteiger partial charge in [-0.3, -0.25) is 9.59 Å². The van der Waals surface area contributed by atoms with Gasteiger partial charge in [0.25, 0.3) is 0 Å². The van der Waals surface area contributed by atoms with Crippen molar-refractivity contribution in [2.75, 3.05) is 31.6 Å². The quantitative estimate of drug-likeness (QED) is 0.831. The molecular formula is C21H24N2O3. The molecule has 1 aliphatic rings. The van der Waals surface area contributed by atoms with Gasteiger partial charge in [-0.25, -0.2) is 0 Å². The molecule has 0 bridgehead atoms. The Morgan fingerprint density at radius 3 is 2.58 bits per heavy atom. The number of methoxy groups -OCH3 is 1. The summed E-state index contributed by atoms with van der Waals surface area (Å²) in [5.74, 6) is 0.811. The lowest BCUT2D eigenvalue weighted by Gasteiger charge is -2.35. The lowest BCUT2D eigenvalue weighted by atomic mass is 9.97. The first kappa shape index (κ1) is 18.0. The Kier molecular flexibility index (Phi) is 5.56. The van der Waals surface area contributed by atoms with Crippen molar-refractivity contribution < 1.29 is 14.3 Å². The number of benzene rings is 2. The minimum atomic E-state index is -0.0646. The molecule has 3 rings (SSSR count). The molecule has 1 fully saturated rings. The molecule has 5 heteroatoms. The first-order valence-corrected chi connectivity index (χ1v) is 8.85. The molecule has 0 aliphatic carbocycles. The van der Waals surface area contributed by atoms with Gasteiger partial charge in [-0.2, -0.15) is 0 Å². The minimum absolute atomic E-state index is 0.0278. The highest BCUT2D eigenvalue weighted by Gasteiger charge is 2.28. The fraction of sp³-hybridized carbons (Fsp3) is 0.333. The third-order valence-electron chi connectivity index (χ3n) is 4.79. The van der Waals surface area contributed by atoms with Crippen molar-refractivity contribution in [2.24, 2.45) is 0 Å². The van der Waals surface area contributed by atoms with E-state index in [1.807, 2.05) is 61.5 Å². The van der Waals surface area contributed by atoms with E-state index >= 15 is 0 Å². The number of nitrogens with zero attached hydrogens (tertiary/aromatic N) is 2. The van der Waals surface area contributed by atoms with Crippen molar-refractivity contribution in [3.8, 4) is 5.75 Å². The molecule has 1 atom stereocenters. The van der Waals surface area contributed by atoms with E-state index < -0.39 is 0 Å². The second kappa shape index (κ2) is 8.04. The van der Waals surface area contributed by atoms with E-state index in [4.69, 9.17) is 4.74 Å². The summed E-state index contributed by atoms with van der Waals surface area (Å²) in [6.45, 7) is 3.21. The van der Waals surface area contributed by atoms with Crippen molar-refractivity contribution in [2.45, 2.75) is 19.3 Å². The molecule has 0 radical (unpaired) electrons. The zero-order valence-corrected chi connectivity index (χ0v) is 15.2. The van der Waals surface area contributed by atoms with Crippen LogP contribution in [0.2, 0.25) is 0 Å². The molecule has 0 unspecified atom stereocenters. The van der Waals surface area contributed by atoms with E-state index in [1.54, 1.807) is 16.9 Å². The van der Waals surface area contributed by atoms with Crippen LogP contribution in [0.4, 0.5) is 5.69 Å². The third-order valence-corrected chi connectivity index (χ3v) is 4.79. The van der Waals surface area contributed by atoms with Crippen LogP contribution < -0.4 is 9.64 Å². The Bertz CT molecular complexity index is 776. The number of anilines is 1. The fourth-order valence-corrected chi connectivity index (χ4v) is 3.23. The highest BCUT2D eigenvalue weighted by Crippen LogP contribution is 2.24. The fourth-order valence-electron chi connectivity index (χ4n) is 3.23. The van der Waals surface area contributed by atoms with Gasteiger partial charge in [0, 0.05) is 31.3 Å². The molecule has 2 amide bonds. The lowest BCUT2D eigenvalue weighted by Crippen LogP contribution is -2.52. The largest absolute Gasteiger partial charge is 0.497 e. The summed E-state index contributed by atoms with van der Waals surface area (Å²) in [4.78, 5) is 28.5. The van der Waals surface area contributed by atoms with Gasteiger partial charge in [0.2, 0.25) is 11.8 Å². The molecule has 1 saturated heterocycles. The summed E-state index contributed by atoms with van der Waals surface area (Å²) in [5, 5.41) is 0. The summed E-state index contributed by atoms with van der Waals surface area (Å²) < 4.78 is 5.22. The Morgan fingerprint density at radius 1 is 1.12 bits per heavy atom. The van der Waals surface area contributed by atoms with E-state index in [0.29, 0.717) is 25.3 Å². The van der Waals surface area contributed by atoms with Crippen LogP contribution in [-0.4, -0.2) is 43.5 Å². The zero-order chi connectivity index (χ0) is 18.5. The predicted molar refractivity (Wildman–Crippen MR) is 101 cm³/mol. The Balaban J connectivity index is 1.61. The van der Waals surface area contributed by atoms with Crippen molar-refractivity contribution >= 4 is 17.5 Å². The second-order valence-corrected chi connectivity index (χ2v) is 6.58. The molecule has 0 spiro atoms. The number of amides is 2. The van der Waals surface area contributed by atoms with Crippen LogP contribution in [0.25, 0.3) is 0 Å². The molecule has 0 N–H and O–H groups in total. The summed E-state index contributed by atoms with van der Waals surface area (Å²) in [7, 11) is 1.60. The maximum atomic E-state index is 12.6. The highest BCUT2D eigenvalue weighted by molar-refractivity contribution is 5.98. The first-order chi connectivity index (χ1) is 12.6. The molecule has 26 heavy (non-hydrogen) atoms. The van der Waals surface area contributed by atoms with Gasteiger partial charge < -0.3 is 14.5 Å². The van der Waals surface area contributed by atoms with E-state index in [1.165, 1.54) is 0 Å². The summed E-state index contributed by atoms with van der Waals surface area (Å²) in [5.41, 5.74) is 1.95. The minimum Gasteiger partial charge on any atom is -0.497 e. The van der Waals surface area contributed by atoms with Crippen LogP contribution in [0.15, 0.2) is 54.6 Å². The van der Waals surface area contributed by atoms with Gasteiger partial charge in [0.05, 0.1) is 7.11 Å². The summed E-state index contributed by atoms with van der Waals surface area (Å²) >= 11 is 0. The zero-order valence-electron chi connectivity index (χ0n) is 15.2. The molecule has 2 aromatic carbocycles. The highest BCUT2D eigenvalue weighted by atomic mass is 16.5. The molecule has 5 nitrogen and oxygen atoms in total. The number of hydrogen-bond acceptors (Lipinski definition) is 3.